The summed E-state index contributed by atoms with van der Waals surface area (Å²) in [6.45, 7) is 4.50. The van der Waals surface area contributed by atoms with Crippen molar-refractivity contribution in [2.45, 2.75) is 25.9 Å². The van der Waals surface area contributed by atoms with Crippen LogP contribution in [-0.4, -0.2) is 24.3 Å². The molecule has 0 amide bonds. The highest BCUT2D eigenvalue weighted by Gasteiger charge is 2.17. The number of nitrogens with zero attached hydrogens (tertiary/aromatic N) is 2. The van der Waals surface area contributed by atoms with Crippen LogP contribution in [0.5, 0.6) is 5.75 Å². The van der Waals surface area contributed by atoms with E-state index in [4.69, 9.17) is 9.47 Å². The summed E-state index contributed by atoms with van der Waals surface area (Å²) >= 11 is 0. The number of fused-ring (bicyclic) bond motifs is 1. The molecule has 0 spiro atoms. The minimum Gasteiger partial charge on any atom is -0.491 e. The maximum Gasteiger partial charge on any atom is 0.148 e. The Morgan fingerprint density at radius 3 is 2.75 bits per heavy atom. The zero-order valence-corrected chi connectivity index (χ0v) is 12.0. The van der Waals surface area contributed by atoms with E-state index in [0.29, 0.717) is 17.9 Å². The van der Waals surface area contributed by atoms with Crippen molar-refractivity contribution in [3.63, 3.8) is 0 Å². The molecule has 1 aromatic carbocycles. The van der Waals surface area contributed by atoms with E-state index < -0.39 is 0 Å². The molecule has 104 valence electrons. The maximum atomic E-state index is 9.19. The third kappa shape index (κ3) is 3.06. The third-order valence-electron chi connectivity index (χ3n) is 3.35. The number of ether oxygens (including phenoxy) is 2. The minimum absolute atomic E-state index is 0.240. The van der Waals surface area contributed by atoms with Crippen LogP contribution in [0.15, 0.2) is 30.5 Å². The van der Waals surface area contributed by atoms with E-state index in [1.165, 1.54) is 0 Å². The summed E-state index contributed by atoms with van der Waals surface area (Å²) < 4.78 is 11.2. The zero-order valence-electron chi connectivity index (χ0n) is 12.0. The van der Waals surface area contributed by atoms with Crippen LogP contribution in [-0.2, 0) is 4.74 Å². The Labute approximate surface area is 119 Å². The van der Waals surface area contributed by atoms with Crippen LogP contribution in [0.2, 0.25) is 0 Å². The van der Waals surface area contributed by atoms with E-state index in [9.17, 15) is 5.26 Å². The number of benzene rings is 1. The SMILES string of the molecule is COC(C)(C)CCOc1c(C#N)cnc2ccccc12. The predicted octanol–water partition coefficient (Wildman–Crippen LogP) is 3.30. The van der Waals surface area contributed by atoms with Crippen molar-refractivity contribution >= 4 is 10.9 Å². The lowest BCUT2D eigenvalue weighted by molar-refractivity contribution is 0.00555. The highest BCUT2D eigenvalue weighted by Crippen LogP contribution is 2.28. The van der Waals surface area contributed by atoms with Gasteiger partial charge in [-0.25, -0.2) is 0 Å². The van der Waals surface area contributed by atoms with E-state index >= 15 is 0 Å². The number of hydrogen-bond donors (Lipinski definition) is 0. The molecule has 0 aliphatic carbocycles. The lowest BCUT2D eigenvalue weighted by Crippen LogP contribution is -2.25. The fourth-order valence-electron chi connectivity index (χ4n) is 1.85. The molecule has 0 saturated heterocycles. The summed E-state index contributed by atoms with van der Waals surface area (Å²) in [6, 6.07) is 9.78. The molecule has 0 unspecified atom stereocenters. The largest absolute Gasteiger partial charge is 0.491 e. The van der Waals surface area contributed by atoms with Gasteiger partial charge in [0.25, 0.3) is 0 Å². The maximum absolute atomic E-state index is 9.19. The average Bonchev–Trinajstić information content (AvgIpc) is 2.47. The summed E-state index contributed by atoms with van der Waals surface area (Å²) in [7, 11) is 1.68. The Kier molecular flexibility index (Phi) is 4.21. The fraction of sp³-hybridized carbons (Fsp3) is 0.375. The molecule has 0 fully saturated rings. The normalized spacial score (nSPS) is 11.3. The Morgan fingerprint density at radius 1 is 1.30 bits per heavy atom. The summed E-state index contributed by atoms with van der Waals surface area (Å²) in [5, 5.41) is 10.1. The highest BCUT2D eigenvalue weighted by atomic mass is 16.5. The van der Waals surface area contributed by atoms with Crippen LogP contribution in [0.25, 0.3) is 10.9 Å². The summed E-state index contributed by atoms with van der Waals surface area (Å²) in [5.74, 6) is 0.602. The molecule has 0 aliphatic heterocycles. The van der Waals surface area contributed by atoms with Crippen molar-refractivity contribution in [1.82, 2.24) is 4.98 Å². The number of rotatable bonds is 5. The van der Waals surface area contributed by atoms with Gasteiger partial charge in [-0.3, -0.25) is 4.98 Å². The number of pyridine rings is 1. The van der Waals surface area contributed by atoms with Crippen molar-refractivity contribution < 1.29 is 9.47 Å². The monoisotopic (exact) mass is 270 g/mol. The van der Waals surface area contributed by atoms with Gasteiger partial charge in [0.1, 0.15) is 17.4 Å². The summed E-state index contributed by atoms with van der Waals surface area (Å²) in [5.41, 5.74) is 1.04. The quantitative estimate of drug-likeness (QED) is 0.836. The van der Waals surface area contributed by atoms with Crippen LogP contribution in [0.4, 0.5) is 0 Å². The Balaban J connectivity index is 2.26. The average molecular weight is 270 g/mol. The first-order chi connectivity index (χ1) is 9.57. The minimum atomic E-state index is -0.240. The molecule has 4 heteroatoms. The number of nitriles is 1. The Morgan fingerprint density at radius 2 is 2.05 bits per heavy atom. The molecule has 2 rings (SSSR count). The second kappa shape index (κ2) is 5.89. The van der Waals surface area contributed by atoms with Gasteiger partial charge < -0.3 is 9.47 Å². The first kappa shape index (κ1) is 14.3. The second-order valence-corrected chi connectivity index (χ2v) is 5.19. The molecule has 0 aliphatic rings. The molecule has 4 nitrogen and oxygen atoms in total. The molecule has 20 heavy (non-hydrogen) atoms. The van der Waals surface area contributed by atoms with Crippen molar-refractivity contribution in [3.05, 3.63) is 36.0 Å². The number of para-hydroxylation sites is 1. The van der Waals surface area contributed by atoms with Gasteiger partial charge in [0.15, 0.2) is 0 Å². The predicted molar refractivity (Wildman–Crippen MR) is 77.7 cm³/mol. The van der Waals surface area contributed by atoms with E-state index in [2.05, 4.69) is 11.1 Å². The Hall–Kier alpha value is -2.12. The van der Waals surface area contributed by atoms with Gasteiger partial charge in [0.2, 0.25) is 0 Å². The van der Waals surface area contributed by atoms with Gasteiger partial charge >= 0.3 is 0 Å². The van der Waals surface area contributed by atoms with Crippen molar-refractivity contribution in [1.29, 1.82) is 5.26 Å². The molecule has 0 bridgehead atoms. The van der Waals surface area contributed by atoms with E-state index in [-0.39, 0.29) is 5.60 Å². The van der Waals surface area contributed by atoms with Crippen molar-refractivity contribution in [2.24, 2.45) is 0 Å². The molecule has 0 N–H and O–H groups in total. The summed E-state index contributed by atoms with van der Waals surface area (Å²) in [4.78, 5) is 4.26. The van der Waals surface area contributed by atoms with Crippen LogP contribution in [0.3, 0.4) is 0 Å². The second-order valence-electron chi connectivity index (χ2n) is 5.19. The molecular weight excluding hydrogens is 252 g/mol. The van der Waals surface area contributed by atoms with Crippen molar-refractivity contribution in [3.8, 4) is 11.8 Å². The van der Waals surface area contributed by atoms with E-state index in [1.54, 1.807) is 13.3 Å². The first-order valence-electron chi connectivity index (χ1n) is 6.53. The highest BCUT2D eigenvalue weighted by molar-refractivity contribution is 5.87. The fourth-order valence-corrected chi connectivity index (χ4v) is 1.85. The van der Waals surface area contributed by atoms with Crippen molar-refractivity contribution in [2.75, 3.05) is 13.7 Å². The van der Waals surface area contributed by atoms with Gasteiger partial charge in [0.05, 0.1) is 17.7 Å². The number of methoxy groups -OCH3 is 1. The molecule has 0 saturated carbocycles. The van der Waals surface area contributed by atoms with Crippen LogP contribution < -0.4 is 4.74 Å². The zero-order chi connectivity index (χ0) is 14.6. The van der Waals surface area contributed by atoms with E-state index in [1.807, 2.05) is 38.1 Å². The lowest BCUT2D eigenvalue weighted by atomic mass is 10.1. The molecule has 1 aromatic heterocycles. The van der Waals surface area contributed by atoms with Crippen LogP contribution >= 0.6 is 0 Å². The summed E-state index contributed by atoms with van der Waals surface area (Å²) in [6.07, 6.45) is 2.30. The van der Waals surface area contributed by atoms with Crippen LogP contribution in [0.1, 0.15) is 25.8 Å². The lowest BCUT2D eigenvalue weighted by Gasteiger charge is -2.23. The van der Waals surface area contributed by atoms with Crippen LogP contribution in [0, 0.1) is 11.3 Å². The molecule has 0 atom stereocenters. The van der Waals surface area contributed by atoms with E-state index in [0.717, 1.165) is 17.3 Å². The number of aromatic nitrogens is 1. The van der Waals surface area contributed by atoms with Gasteiger partial charge in [-0.05, 0) is 26.0 Å². The molecule has 0 radical (unpaired) electrons. The third-order valence-corrected chi connectivity index (χ3v) is 3.35. The molecule has 1 heterocycles. The van der Waals surface area contributed by atoms with Gasteiger partial charge in [0, 0.05) is 25.1 Å². The van der Waals surface area contributed by atoms with Gasteiger partial charge in [-0.2, -0.15) is 5.26 Å². The van der Waals surface area contributed by atoms with Gasteiger partial charge in [-0.1, -0.05) is 12.1 Å². The smallest absolute Gasteiger partial charge is 0.148 e. The Bertz CT molecular complexity index is 644. The number of hydrogen-bond acceptors (Lipinski definition) is 4. The first-order valence-corrected chi connectivity index (χ1v) is 6.53. The van der Waals surface area contributed by atoms with Gasteiger partial charge in [-0.15, -0.1) is 0 Å². The molecule has 2 aromatic rings. The topological polar surface area (TPSA) is 55.1 Å². The molecular formula is C16H18N2O2. The standard InChI is InChI=1S/C16H18N2O2/c1-16(2,19-3)8-9-20-15-12(10-17)11-18-14-7-5-4-6-13(14)15/h4-7,11H,8-9H2,1-3H3.